The van der Waals surface area contributed by atoms with E-state index < -0.39 is 33.5 Å². The fraction of sp³-hybridized carbons (Fsp3) is 0.0625. The van der Waals surface area contributed by atoms with E-state index >= 15 is 0 Å². The summed E-state index contributed by atoms with van der Waals surface area (Å²) in [6, 6.07) is 6.76. The van der Waals surface area contributed by atoms with Gasteiger partial charge in [-0.15, -0.1) is 0 Å². The van der Waals surface area contributed by atoms with Crippen LogP contribution in [0, 0.1) is 5.82 Å². The second kappa shape index (κ2) is 9.33. The third-order valence-corrected chi connectivity index (χ3v) is 4.60. The topological polar surface area (TPSA) is 69.6 Å². The van der Waals surface area contributed by atoms with Gasteiger partial charge in [0.05, 0.1) is 11.0 Å². The SMILES string of the molecule is O=S(=O)(/C=C/c1ccc(C(F)(F)F)cc1)/N=C(\[O-])c1ccc(F)cc1Br.[Na+]. The minimum atomic E-state index is -4.50. The molecule has 0 N–H and O–H groups in total. The first-order valence-electron chi connectivity index (χ1n) is 6.81. The number of hydrogen-bond acceptors (Lipinski definition) is 3. The molecule has 138 valence electrons. The second-order valence-corrected chi connectivity index (χ2v) is 7.30. The Morgan fingerprint density at radius 2 is 1.70 bits per heavy atom. The fourth-order valence-corrected chi connectivity index (χ4v) is 3.05. The van der Waals surface area contributed by atoms with Crippen molar-refractivity contribution in [2.75, 3.05) is 0 Å². The Kier molecular flexibility index (Phi) is 8.24. The molecule has 0 bridgehead atoms. The van der Waals surface area contributed by atoms with Gasteiger partial charge in [-0.25, -0.2) is 4.39 Å². The Morgan fingerprint density at radius 3 is 2.22 bits per heavy atom. The molecule has 0 saturated carbocycles. The summed E-state index contributed by atoms with van der Waals surface area (Å²) < 4.78 is 77.2. The van der Waals surface area contributed by atoms with Crippen LogP contribution in [0.4, 0.5) is 17.6 Å². The number of sulfonamides is 1. The van der Waals surface area contributed by atoms with Crippen LogP contribution in [-0.4, -0.2) is 14.3 Å². The van der Waals surface area contributed by atoms with Gasteiger partial charge in [-0.05, 0) is 42.0 Å². The average Bonchev–Trinajstić information content (AvgIpc) is 2.52. The van der Waals surface area contributed by atoms with Gasteiger partial charge in [0.25, 0.3) is 10.0 Å². The van der Waals surface area contributed by atoms with Crippen molar-refractivity contribution in [2.24, 2.45) is 4.40 Å². The number of nitrogens with zero attached hydrogens (tertiary/aromatic N) is 1. The zero-order valence-electron chi connectivity index (χ0n) is 13.7. The number of rotatable bonds is 4. The van der Waals surface area contributed by atoms with Crippen molar-refractivity contribution in [3.63, 3.8) is 0 Å². The maximum absolute atomic E-state index is 13.0. The molecule has 2 rings (SSSR count). The molecule has 0 spiro atoms. The van der Waals surface area contributed by atoms with Crippen LogP contribution in [-0.2, 0) is 16.2 Å². The molecule has 0 saturated heterocycles. The van der Waals surface area contributed by atoms with Crippen LogP contribution in [0.3, 0.4) is 0 Å². The van der Waals surface area contributed by atoms with Gasteiger partial charge in [-0.3, -0.25) is 0 Å². The Bertz CT molecular complexity index is 974. The van der Waals surface area contributed by atoms with Gasteiger partial charge < -0.3 is 5.11 Å². The summed E-state index contributed by atoms with van der Waals surface area (Å²) in [5, 5.41) is 12.5. The molecule has 0 amide bonds. The predicted octanol–water partition coefficient (Wildman–Crippen LogP) is 0.719. The van der Waals surface area contributed by atoms with Crippen LogP contribution < -0.4 is 34.7 Å². The Balaban J connectivity index is 0.00000364. The van der Waals surface area contributed by atoms with Crippen molar-refractivity contribution in [2.45, 2.75) is 6.18 Å². The normalized spacial score (nSPS) is 12.9. The van der Waals surface area contributed by atoms with Crippen molar-refractivity contribution >= 4 is 37.9 Å². The first kappa shape index (κ1) is 23.8. The second-order valence-electron chi connectivity index (χ2n) is 4.96. The molecule has 0 aliphatic heterocycles. The van der Waals surface area contributed by atoms with E-state index in [-0.39, 0.29) is 45.2 Å². The Labute approximate surface area is 183 Å². The molecule has 2 aromatic carbocycles. The third-order valence-electron chi connectivity index (χ3n) is 3.04. The number of benzene rings is 2. The molecule has 4 nitrogen and oxygen atoms in total. The molecule has 0 aliphatic rings. The first-order chi connectivity index (χ1) is 12.0. The van der Waals surface area contributed by atoms with Crippen LogP contribution in [0.15, 0.2) is 56.7 Å². The minimum absolute atomic E-state index is 0. The fourth-order valence-electron chi connectivity index (χ4n) is 1.81. The van der Waals surface area contributed by atoms with E-state index in [1.54, 1.807) is 0 Å². The van der Waals surface area contributed by atoms with Gasteiger partial charge in [0.1, 0.15) is 5.82 Å². The summed E-state index contributed by atoms with van der Waals surface area (Å²) in [7, 11) is -4.33. The molecule has 0 fully saturated rings. The number of halogens is 5. The van der Waals surface area contributed by atoms with Gasteiger partial charge >= 0.3 is 35.7 Å². The molecule has 11 heteroatoms. The van der Waals surface area contributed by atoms with E-state index in [2.05, 4.69) is 20.3 Å². The Hall–Kier alpha value is -1.20. The van der Waals surface area contributed by atoms with E-state index in [4.69, 9.17) is 0 Å². The molecular weight excluding hydrogens is 465 g/mol. The van der Waals surface area contributed by atoms with Crippen molar-refractivity contribution in [3.05, 3.63) is 74.9 Å². The number of alkyl halides is 3. The summed E-state index contributed by atoms with van der Waals surface area (Å²) in [5.74, 6) is -1.74. The molecule has 0 unspecified atom stereocenters. The quantitative estimate of drug-likeness (QED) is 0.284. The van der Waals surface area contributed by atoms with Crippen molar-refractivity contribution in [1.82, 2.24) is 0 Å². The van der Waals surface area contributed by atoms with E-state index in [1.165, 1.54) is 0 Å². The standard InChI is InChI=1S/C16H10BrF4NO3S.Na/c17-14-9-12(18)5-6-13(14)15(23)22-26(24,25)8-7-10-1-3-11(4-2-10)16(19,20)21;/h1-9H,(H,22,23);/q;+1/p-1/b8-7+;. The van der Waals surface area contributed by atoms with Crippen molar-refractivity contribution in [3.8, 4) is 0 Å². The van der Waals surface area contributed by atoms with Gasteiger partial charge in [0.2, 0.25) is 0 Å². The molecule has 0 radical (unpaired) electrons. The van der Waals surface area contributed by atoms with Crippen molar-refractivity contribution < 1.29 is 60.6 Å². The molecular formula is C16H9BrF4NNaO3S. The number of hydrogen-bond donors (Lipinski definition) is 0. The molecule has 0 aromatic heterocycles. The first-order valence-corrected chi connectivity index (χ1v) is 9.10. The zero-order valence-corrected chi connectivity index (χ0v) is 18.1. The minimum Gasteiger partial charge on any atom is -0.858 e. The maximum Gasteiger partial charge on any atom is 1.00 e. The van der Waals surface area contributed by atoms with Crippen LogP contribution >= 0.6 is 15.9 Å². The van der Waals surface area contributed by atoms with Gasteiger partial charge in [0, 0.05) is 15.9 Å². The summed E-state index contributed by atoms with van der Waals surface area (Å²) in [6.45, 7) is 0. The van der Waals surface area contributed by atoms with E-state index in [1.807, 2.05) is 0 Å². The summed E-state index contributed by atoms with van der Waals surface area (Å²) in [6.07, 6.45) is -3.50. The zero-order chi connectivity index (χ0) is 19.5. The van der Waals surface area contributed by atoms with Crippen LogP contribution in [0.2, 0.25) is 0 Å². The monoisotopic (exact) mass is 473 g/mol. The molecule has 27 heavy (non-hydrogen) atoms. The van der Waals surface area contributed by atoms with E-state index in [0.717, 1.165) is 48.5 Å². The van der Waals surface area contributed by atoms with Gasteiger partial charge in [-0.1, -0.05) is 28.1 Å². The predicted molar refractivity (Wildman–Crippen MR) is 90.0 cm³/mol. The smallest absolute Gasteiger partial charge is 0.858 e. The van der Waals surface area contributed by atoms with Gasteiger partial charge in [-0.2, -0.15) is 26.0 Å². The van der Waals surface area contributed by atoms with E-state index in [0.29, 0.717) is 5.41 Å². The van der Waals surface area contributed by atoms with Crippen LogP contribution in [0.5, 0.6) is 0 Å². The maximum atomic E-state index is 13.0. The molecule has 0 aliphatic carbocycles. The third kappa shape index (κ3) is 7.04. The molecule has 0 heterocycles. The van der Waals surface area contributed by atoms with Gasteiger partial charge in [0.15, 0.2) is 0 Å². The van der Waals surface area contributed by atoms with Crippen LogP contribution in [0.1, 0.15) is 16.7 Å². The Morgan fingerprint density at radius 1 is 1.11 bits per heavy atom. The van der Waals surface area contributed by atoms with Crippen LogP contribution in [0.25, 0.3) is 6.08 Å². The summed E-state index contributed by atoms with van der Waals surface area (Å²) >= 11 is 2.93. The average molecular weight is 474 g/mol. The summed E-state index contributed by atoms with van der Waals surface area (Å²) in [5.41, 5.74) is -0.858. The molecule has 0 atom stereocenters. The summed E-state index contributed by atoms with van der Waals surface area (Å²) in [4.78, 5) is 0. The largest absolute Gasteiger partial charge is 1.00 e. The van der Waals surface area contributed by atoms with E-state index in [9.17, 15) is 31.1 Å². The van der Waals surface area contributed by atoms with Crippen molar-refractivity contribution in [1.29, 1.82) is 0 Å². The molecule has 2 aromatic rings.